The van der Waals surface area contributed by atoms with Crippen molar-refractivity contribution in [3.05, 3.63) is 18.0 Å². The summed E-state index contributed by atoms with van der Waals surface area (Å²) >= 11 is 0. The highest BCUT2D eigenvalue weighted by molar-refractivity contribution is 5.08. The third-order valence-electron chi connectivity index (χ3n) is 1.49. The molecule has 1 aromatic rings. The van der Waals surface area contributed by atoms with Crippen LogP contribution in [0.2, 0.25) is 0 Å². The second-order valence-corrected chi connectivity index (χ2v) is 2.69. The number of hydrogen-bond acceptors (Lipinski definition) is 1. The first-order chi connectivity index (χ1) is 5.11. The quantitative estimate of drug-likeness (QED) is 0.649. The van der Waals surface area contributed by atoms with E-state index >= 15 is 0 Å². The van der Waals surface area contributed by atoms with Gasteiger partial charge in [0.15, 0.2) is 0 Å². The maximum absolute atomic E-state index is 11.9. The number of rotatable bonds is 2. The minimum atomic E-state index is -2.53. The van der Waals surface area contributed by atoms with E-state index in [1.165, 1.54) is 12.4 Å². The molecule has 0 aliphatic rings. The summed E-state index contributed by atoms with van der Waals surface area (Å²) in [5.41, 5.74) is 0.838. The predicted molar refractivity (Wildman–Crippen MR) is 37.6 cm³/mol. The molecule has 1 heterocycles. The van der Waals surface area contributed by atoms with E-state index < -0.39 is 6.55 Å². The summed E-state index contributed by atoms with van der Waals surface area (Å²) in [6.07, 6.45) is 2.84. The minimum Gasteiger partial charge on any atom is -0.211 e. The number of alkyl halides is 2. The van der Waals surface area contributed by atoms with E-state index in [0.717, 1.165) is 5.56 Å². The predicted octanol–water partition coefficient (Wildman–Crippen LogP) is 2.40. The summed E-state index contributed by atoms with van der Waals surface area (Å²) in [6.45, 7) is 1.35. The Morgan fingerprint density at radius 3 is 2.36 bits per heavy atom. The fourth-order valence-electron chi connectivity index (χ4n) is 0.758. The topological polar surface area (TPSA) is 17.8 Å². The molecule has 0 N–H and O–H groups in total. The van der Waals surface area contributed by atoms with Gasteiger partial charge in [-0.05, 0) is 11.5 Å². The zero-order valence-electron chi connectivity index (χ0n) is 6.46. The summed E-state index contributed by atoms with van der Waals surface area (Å²) in [5, 5.41) is 3.50. The van der Waals surface area contributed by atoms with Gasteiger partial charge in [-0.15, -0.1) is 0 Å². The van der Waals surface area contributed by atoms with Gasteiger partial charge < -0.3 is 0 Å². The SMILES string of the molecule is CC(C)c1cnn(C(F)F)c1. The van der Waals surface area contributed by atoms with Crippen LogP contribution in [0.4, 0.5) is 8.78 Å². The van der Waals surface area contributed by atoms with Crippen LogP contribution in [0.3, 0.4) is 0 Å². The Kier molecular flexibility index (Phi) is 2.22. The van der Waals surface area contributed by atoms with Crippen molar-refractivity contribution >= 4 is 0 Å². The molecule has 0 atom stereocenters. The molecule has 62 valence electrons. The largest absolute Gasteiger partial charge is 0.333 e. The monoisotopic (exact) mass is 160 g/mol. The normalized spacial score (nSPS) is 11.5. The van der Waals surface area contributed by atoms with Gasteiger partial charge >= 0.3 is 6.55 Å². The Balaban J connectivity index is 2.82. The Bertz CT molecular complexity index is 208. The van der Waals surface area contributed by atoms with Gasteiger partial charge in [0.25, 0.3) is 0 Å². The highest BCUT2D eigenvalue weighted by atomic mass is 19.3. The molecule has 0 aliphatic heterocycles. The van der Waals surface area contributed by atoms with E-state index in [2.05, 4.69) is 5.10 Å². The lowest BCUT2D eigenvalue weighted by atomic mass is 10.1. The molecular formula is C7H10F2N2. The molecule has 1 aromatic heterocycles. The molecule has 11 heavy (non-hydrogen) atoms. The van der Waals surface area contributed by atoms with Crippen molar-refractivity contribution in [2.75, 3.05) is 0 Å². The number of halogens is 2. The Morgan fingerprint density at radius 2 is 2.09 bits per heavy atom. The lowest BCUT2D eigenvalue weighted by Gasteiger charge is -1.98. The van der Waals surface area contributed by atoms with Gasteiger partial charge in [0.05, 0.1) is 6.20 Å². The minimum absolute atomic E-state index is 0.252. The third-order valence-corrected chi connectivity index (χ3v) is 1.49. The van der Waals surface area contributed by atoms with Crippen molar-refractivity contribution in [2.45, 2.75) is 26.3 Å². The first kappa shape index (κ1) is 8.17. The summed E-state index contributed by atoms with van der Waals surface area (Å²) < 4.78 is 24.6. The zero-order chi connectivity index (χ0) is 8.43. The van der Waals surface area contributed by atoms with Gasteiger partial charge in [0, 0.05) is 6.20 Å². The third kappa shape index (κ3) is 1.76. The highest BCUT2D eigenvalue weighted by Gasteiger charge is 2.08. The molecule has 1 rings (SSSR count). The molecule has 0 saturated heterocycles. The molecular weight excluding hydrogens is 150 g/mol. The van der Waals surface area contributed by atoms with E-state index in [0.29, 0.717) is 4.68 Å². The zero-order valence-corrected chi connectivity index (χ0v) is 6.46. The smallest absolute Gasteiger partial charge is 0.211 e. The van der Waals surface area contributed by atoms with Crippen molar-refractivity contribution < 1.29 is 8.78 Å². The lowest BCUT2D eigenvalue weighted by molar-refractivity contribution is 0.0565. The van der Waals surface area contributed by atoms with Gasteiger partial charge in [0.2, 0.25) is 0 Å². The fraction of sp³-hybridized carbons (Fsp3) is 0.571. The van der Waals surface area contributed by atoms with Crippen LogP contribution in [0.5, 0.6) is 0 Å². The second-order valence-electron chi connectivity index (χ2n) is 2.69. The van der Waals surface area contributed by atoms with Crippen LogP contribution in [-0.2, 0) is 0 Å². The van der Waals surface area contributed by atoms with Gasteiger partial charge in [-0.3, -0.25) is 0 Å². The van der Waals surface area contributed by atoms with Crippen molar-refractivity contribution in [2.24, 2.45) is 0 Å². The molecule has 0 aliphatic carbocycles. The van der Waals surface area contributed by atoms with E-state index in [4.69, 9.17) is 0 Å². The molecule has 0 radical (unpaired) electrons. The van der Waals surface area contributed by atoms with Crippen LogP contribution < -0.4 is 0 Å². The number of nitrogens with zero attached hydrogens (tertiary/aromatic N) is 2. The maximum atomic E-state index is 11.9. The molecule has 4 heteroatoms. The summed E-state index contributed by atoms with van der Waals surface area (Å²) in [4.78, 5) is 0. The van der Waals surface area contributed by atoms with Crippen LogP contribution in [-0.4, -0.2) is 9.78 Å². The van der Waals surface area contributed by atoms with E-state index in [9.17, 15) is 8.78 Å². The van der Waals surface area contributed by atoms with Crippen LogP contribution in [0.1, 0.15) is 31.9 Å². The summed E-state index contributed by atoms with van der Waals surface area (Å²) in [6, 6.07) is 0. The van der Waals surface area contributed by atoms with Gasteiger partial charge in [0.1, 0.15) is 0 Å². The van der Waals surface area contributed by atoms with Crippen LogP contribution >= 0.6 is 0 Å². The van der Waals surface area contributed by atoms with E-state index in [1.807, 2.05) is 13.8 Å². The van der Waals surface area contributed by atoms with Crippen molar-refractivity contribution in [3.63, 3.8) is 0 Å². The summed E-state index contributed by atoms with van der Waals surface area (Å²) in [7, 11) is 0. The molecule has 0 saturated carbocycles. The average Bonchev–Trinajstić information content (AvgIpc) is 2.33. The number of hydrogen-bond donors (Lipinski definition) is 0. The van der Waals surface area contributed by atoms with Gasteiger partial charge in [-0.25, -0.2) is 4.68 Å². The van der Waals surface area contributed by atoms with Gasteiger partial charge in [-0.1, -0.05) is 13.8 Å². The van der Waals surface area contributed by atoms with Crippen molar-refractivity contribution in [1.82, 2.24) is 9.78 Å². The molecule has 0 unspecified atom stereocenters. The molecule has 0 aromatic carbocycles. The van der Waals surface area contributed by atoms with E-state index in [-0.39, 0.29) is 5.92 Å². The van der Waals surface area contributed by atoms with Crippen LogP contribution in [0.25, 0.3) is 0 Å². The van der Waals surface area contributed by atoms with Crippen molar-refractivity contribution in [3.8, 4) is 0 Å². The molecule has 0 amide bonds. The Hall–Kier alpha value is -0.930. The Morgan fingerprint density at radius 1 is 1.45 bits per heavy atom. The standard InChI is InChI=1S/C7H10F2N2/c1-5(2)6-3-10-11(4-6)7(8)9/h3-5,7H,1-2H3. The first-order valence-electron chi connectivity index (χ1n) is 3.43. The van der Waals surface area contributed by atoms with Crippen molar-refractivity contribution in [1.29, 1.82) is 0 Å². The van der Waals surface area contributed by atoms with E-state index in [1.54, 1.807) is 0 Å². The molecule has 0 spiro atoms. The highest BCUT2D eigenvalue weighted by Crippen LogP contribution is 2.15. The molecule has 2 nitrogen and oxygen atoms in total. The molecule has 0 fully saturated rings. The Labute approximate surface area is 63.8 Å². The summed E-state index contributed by atoms with van der Waals surface area (Å²) in [5.74, 6) is 0.252. The van der Waals surface area contributed by atoms with Crippen LogP contribution in [0.15, 0.2) is 12.4 Å². The lowest BCUT2D eigenvalue weighted by Crippen LogP contribution is -1.97. The maximum Gasteiger partial charge on any atom is 0.333 e. The first-order valence-corrected chi connectivity index (χ1v) is 3.43. The average molecular weight is 160 g/mol. The fourth-order valence-corrected chi connectivity index (χ4v) is 0.758. The molecule has 0 bridgehead atoms. The van der Waals surface area contributed by atoms with Gasteiger partial charge in [-0.2, -0.15) is 13.9 Å². The second kappa shape index (κ2) is 2.98. The number of aromatic nitrogens is 2. The van der Waals surface area contributed by atoms with Crippen LogP contribution in [0, 0.1) is 0 Å².